The van der Waals surface area contributed by atoms with Crippen LogP contribution in [0.25, 0.3) is 0 Å². The van der Waals surface area contributed by atoms with Crippen LogP contribution in [0.3, 0.4) is 0 Å². The molecule has 26 heavy (non-hydrogen) atoms. The highest BCUT2D eigenvalue weighted by molar-refractivity contribution is 7.89. The number of nitrogens with one attached hydrogen (secondary N) is 1. The second-order valence-corrected chi connectivity index (χ2v) is 8.99. The molecule has 0 bridgehead atoms. The first-order valence-corrected chi connectivity index (χ1v) is 10.2. The zero-order valence-electron chi connectivity index (χ0n) is 15.4. The molecule has 0 radical (unpaired) electrons. The standard InChI is InChI=1S/C19H24BNO4S/c1-15-4-10-18(11-5-15)26(22,23)21-13-12-16-6-8-17(9-7-16)20-24-14-19(2,3)25-20/h4-11,21H,12-14H2,1-3H3. The minimum Gasteiger partial charge on any atom is -0.404 e. The van der Waals surface area contributed by atoms with E-state index >= 15 is 0 Å². The smallest absolute Gasteiger partial charge is 0.404 e. The van der Waals surface area contributed by atoms with Gasteiger partial charge in [0.25, 0.3) is 0 Å². The summed E-state index contributed by atoms with van der Waals surface area (Å²) < 4.78 is 38.7. The van der Waals surface area contributed by atoms with Crippen molar-refractivity contribution in [1.29, 1.82) is 0 Å². The van der Waals surface area contributed by atoms with Gasteiger partial charge < -0.3 is 9.31 Å². The highest BCUT2D eigenvalue weighted by atomic mass is 32.2. The Hall–Kier alpha value is -1.67. The lowest BCUT2D eigenvalue weighted by Crippen LogP contribution is -2.34. The van der Waals surface area contributed by atoms with Crippen molar-refractivity contribution < 1.29 is 17.7 Å². The highest BCUT2D eigenvalue weighted by Crippen LogP contribution is 2.19. The first-order chi connectivity index (χ1) is 12.3. The molecule has 1 heterocycles. The number of aryl methyl sites for hydroxylation is 1. The summed E-state index contributed by atoms with van der Waals surface area (Å²) >= 11 is 0. The molecule has 0 atom stereocenters. The Morgan fingerprint density at radius 3 is 2.31 bits per heavy atom. The van der Waals surface area contributed by atoms with Crippen molar-refractivity contribution in [2.24, 2.45) is 0 Å². The Morgan fingerprint density at radius 2 is 1.73 bits per heavy atom. The van der Waals surface area contributed by atoms with Gasteiger partial charge in [-0.25, -0.2) is 13.1 Å². The lowest BCUT2D eigenvalue weighted by molar-refractivity contribution is 0.137. The normalized spacial score (nSPS) is 16.8. The largest absolute Gasteiger partial charge is 0.494 e. The number of sulfonamides is 1. The van der Waals surface area contributed by atoms with Gasteiger partial charge in [0.05, 0.1) is 17.1 Å². The monoisotopic (exact) mass is 373 g/mol. The van der Waals surface area contributed by atoms with E-state index in [4.69, 9.17) is 9.31 Å². The Labute approximate surface area is 155 Å². The van der Waals surface area contributed by atoms with Crippen LogP contribution in [0.4, 0.5) is 0 Å². The van der Waals surface area contributed by atoms with Crippen LogP contribution in [0.2, 0.25) is 0 Å². The zero-order chi connectivity index (χ0) is 18.8. The van der Waals surface area contributed by atoms with E-state index in [-0.39, 0.29) is 17.6 Å². The van der Waals surface area contributed by atoms with Crippen LogP contribution >= 0.6 is 0 Å². The van der Waals surface area contributed by atoms with Gasteiger partial charge in [-0.05, 0) is 50.4 Å². The third-order valence-corrected chi connectivity index (χ3v) is 5.77. The average molecular weight is 373 g/mol. The van der Waals surface area contributed by atoms with Gasteiger partial charge in [-0.2, -0.15) is 0 Å². The molecule has 1 aliphatic heterocycles. The van der Waals surface area contributed by atoms with E-state index in [0.717, 1.165) is 16.6 Å². The van der Waals surface area contributed by atoms with Crippen molar-refractivity contribution in [2.45, 2.75) is 37.7 Å². The van der Waals surface area contributed by atoms with Gasteiger partial charge in [0.1, 0.15) is 0 Å². The van der Waals surface area contributed by atoms with E-state index in [2.05, 4.69) is 4.72 Å². The molecular formula is C19H24BNO4S. The average Bonchev–Trinajstić information content (AvgIpc) is 2.96. The fourth-order valence-electron chi connectivity index (χ4n) is 2.77. The van der Waals surface area contributed by atoms with E-state index < -0.39 is 10.0 Å². The SMILES string of the molecule is Cc1ccc(S(=O)(=O)NCCc2ccc(B3OCC(C)(C)O3)cc2)cc1. The van der Waals surface area contributed by atoms with Gasteiger partial charge in [-0.3, -0.25) is 0 Å². The summed E-state index contributed by atoms with van der Waals surface area (Å²) in [5, 5.41) is 0. The van der Waals surface area contributed by atoms with Gasteiger partial charge in [-0.15, -0.1) is 0 Å². The molecule has 2 aromatic rings. The van der Waals surface area contributed by atoms with E-state index in [1.54, 1.807) is 24.3 Å². The van der Waals surface area contributed by atoms with Gasteiger partial charge in [0.15, 0.2) is 0 Å². The number of hydrogen-bond acceptors (Lipinski definition) is 4. The molecule has 0 unspecified atom stereocenters. The molecule has 3 rings (SSSR count). The highest BCUT2D eigenvalue weighted by Gasteiger charge is 2.37. The van der Waals surface area contributed by atoms with Gasteiger partial charge >= 0.3 is 7.12 Å². The lowest BCUT2D eigenvalue weighted by atomic mass is 9.79. The predicted molar refractivity (Wildman–Crippen MR) is 103 cm³/mol. The summed E-state index contributed by atoms with van der Waals surface area (Å²) in [4.78, 5) is 0.289. The molecule has 2 aromatic carbocycles. The molecule has 0 spiro atoms. The number of hydrogen-bond donors (Lipinski definition) is 1. The van der Waals surface area contributed by atoms with E-state index in [1.165, 1.54) is 0 Å². The summed E-state index contributed by atoms with van der Waals surface area (Å²) in [6.45, 7) is 6.85. The molecule has 1 saturated heterocycles. The van der Waals surface area contributed by atoms with Crippen molar-refractivity contribution in [2.75, 3.05) is 13.2 Å². The molecule has 138 valence electrons. The first kappa shape index (κ1) is 19.1. The third-order valence-electron chi connectivity index (χ3n) is 4.30. The quantitative estimate of drug-likeness (QED) is 0.788. The molecule has 0 aliphatic carbocycles. The van der Waals surface area contributed by atoms with Crippen molar-refractivity contribution in [1.82, 2.24) is 4.72 Å². The Bertz CT molecular complexity index is 848. The fourth-order valence-corrected chi connectivity index (χ4v) is 3.80. The van der Waals surface area contributed by atoms with Gasteiger partial charge in [0, 0.05) is 6.54 Å². The maximum absolute atomic E-state index is 12.3. The van der Waals surface area contributed by atoms with E-state index in [1.807, 2.05) is 45.0 Å². The molecule has 1 aliphatic rings. The van der Waals surface area contributed by atoms with Crippen molar-refractivity contribution in [3.8, 4) is 0 Å². The minimum absolute atomic E-state index is 0.266. The van der Waals surface area contributed by atoms with Crippen LogP contribution in [-0.2, 0) is 25.8 Å². The van der Waals surface area contributed by atoms with Crippen LogP contribution < -0.4 is 10.2 Å². The predicted octanol–water partition coefficient (Wildman–Crippen LogP) is 2.04. The van der Waals surface area contributed by atoms with Crippen LogP contribution in [-0.4, -0.2) is 34.3 Å². The second kappa shape index (κ2) is 7.52. The van der Waals surface area contributed by atoms with Crippen molar-refractivity contribution in [3.63, 3.8) is 0 Å². The Kier molecular flexibility index (Phi) is 5.53. The summed E-state index contributed by atoms with van der Waals surface area (Å²) in [5.41, 5.74) is 2.79. The van der Waals surface area contributed by atoms with Gasteiger partial charge in [-0.1, -0.05) is 42.0 Å². The van der Waals surface area contributed by atoms with Crippen LogP contribution in [0, 0.1) is 6.92 Å². The molecule has 0 saturated carbocycles. The minimum atomic E-state index is -3.47. The lowest BCUT2D eigenvalue weighted by Gasteiger charge is -2.15. The van der Waals surface area contributed by atoms with Crippen LogP contribution in [0.1, 0.15) is 25.0 Å². The molecular weight excluding hydrogens is 349 g/mol. The summed E-state index contributed by atoms with van der Waals surface area (Å²) in [6, 6.07) is 14.7. The van der Waals surface area contributed by atoms with Crippen molar-refractivity contribution in [3.05, 3.63) is 59.7 Å². The summed E-state index contributed by atoms with van der Waals surface area (Å²) in [5.74, 6) is 0. The van der Waals surface area contributed by atoms with Crippen molar-refractivity contribution >= 4 is 22.6 Å². The number of rotatable bonds is 6. The maximum atomic E-state index is 12.3. The third kappa shape index (κ3) is 4.74. The summed E-state index contributed by atoms with van der Waals surface area (Å²) in [6.07, 6.45) is 0.614. The topological polar surface area (TPSA) is 64.6 Å². The van der Waals surface area contributed by atoms with Crippen LogP contribution in [0.15, 0.2) is 53.4 Å². The zero-order valence-corrected chi connectivity index (χ0v) is 16.2. The molecule has 1 N–H and O–H groups in total. The van der Waals surface area contributed by atoms with Gasteiger partial charge in [0.2, 0.25) is 10.0 Å². The first-order valence-electron chi connectivity index (χ1n) is 8.70. The van der Waals surface area contributed by atoms with E-state index in [0.29, 0.717) is 19.6 Å². The molecule has 0 aromatic heterocycles. The summed E-state index contributed by atoms with van der Waals surface area (Å²) in [7, 11) is -3.81. The molecule has 0 amide bonds. The maximum Gasteiger partial charge on any atom is 0.494 e. The van der Waals surface area contributed by atoms with Crippen LogP contribution in [0.5, 0.6) is 0 Å². The molecule has 1 fully saturated rings. The Balaban J connectivity index is 1.54. The molecule has 7 heteroatoms. The molecule has 5 nitrogen and oxygen atoms in total. The number of benzene rings is 2. The van der Waals surface area contributed by atoms with E-state index in [9.17, 15) is 8.42 Å². The fraction of sp³-hybridized carbons (Fsp3) is 0.368. The second-order valence-electron chi connectivity index (χ2n) is 7.22. The Morgan fingerprint density at radius 1 is 1.08 bits per heavy atom.